The Balaban J connectivity index is 1.95. The van der Waals surface area contributed by atoms with Crippen LogP contribution in [0, 0.1) is 0 Å². The number of nitrogens with one attached hydrogen (secondary N) is 1. The van der Waals surface area contributed by atoms with Crippen LogP contribution in [0.25, 0.3) is 0 Å². The van der Waals surface area contributed by atoms with Gasteiger partial charge >= 0.3 is 0 Å². The highest BCUT2D eigenvalue weighted by Gasteiger charge is 2.12. The molecule has 0 radical (unpaired) electrons. The van der Waals surface area contributed by atoms with Gasteiger partial charge in [-0.05, 0) is 26.8 Å². The lowest BCUT2D eigenvalue weighted by Crippen LogP contribution is -2.35. The van der Waals surface area contributed by atoms with E-state index in [-0.39, 0.29) is 5.54 Å². The third kappa shape index (κ3) is 4.54. The van der Waals surface area contributed by atoms with Crippen LogP contribution in [0.1, 0.15) is 32.1 Å². The Morgan fingerprint density at radius 3 is 2.85 bits per heavy atom. The number of ether oxygens (including phenoxy) is 1. The maximum atomic E-state index is 5.86. The predicted molar refractivity (Wildman–Crippen MR) is 78.9 cm³/mol. The third-order valence-electron chi connectivity index (χ3n) is 2.70. The van der Waals surface area contributed by atoms with Gasteiger partial charge in [0, 0.05) is 29.9 Å². The number of nitrogens with zero attached hydrogens (tertiary/aromatic N) is 1. The molecule has 20 heavy (non-hydrogen) atoms. The van der Waals surface area contributed by atoms with Crippen molar-refractivity contribution in [3.8, 4) is 5.75 Å². The van der Waals surface area contributed by atoms with E-state index in [1.165, 1.54) is 0 Å². The minimum atomic E-state index is 0.0618. The molecule has 0 aliphatic rings. The average molecular weight is 295 g/mol. The number of aromatic nitrogens is 1. The number of halogens is 1. The highest BCUT2D eigenvalue weighted by Crippen LogP contribution is 2.18. The Hall–Kier alpha value is -1.52. The van der Waals surface area contributed by atoms with Crippen molar-refractivity contribution in [1.82, 2.24) is 10.3 Å². The fourth-order valence-electron chi connectivity index (χ4n) is 1.63. The largest absolute Gasteiger partial charge is 0.484 e. The van der Waals surface area contributed by atoms with Gasteiger partial charge in [0.05, 0.1) is 17.5 Å². The second kappa shape index (κ2) is 6.29. The van der Waals surface area contributed by atoms with Gasteiger partial charge in [-0.25, -0.2) is 0 Å². The van der Waals surface area contributed by atoms with Crippen LogP contribution in [0.2, 0.25) is 5.02 Å². The lowest BCUT2D eigenvalue weighted by molar-refractivity contribution is 0.266. The number of rotatable bonds is 5. The Labute approximate surface area is 124 Å². The molecular formula is C15H19ClN2O2. The summed E-state index contributed by atoms with van der Waals surface area (Å²) in [5.41, 5.74) is 1.15. The highest BCUT2D eigenvalue weighted by atomic mass is 35.5. The summed E-state index contributed by atoms with van der Waals surface area (Å²) in [7, 11) is 0. The first-order valence-electron chi connectivity index (χ1n) is 6.48. The van der Waals surface area contributed by atoms with Crippen molar-refractivity contribution in [2.45, 2.75) is 39.5 Å². The number of furan rings is 1. The smallest absolute Gasteiger partial charge is 0.146 e. The molecule has 1 N–H and O–H groups in total. The van der Waals surface area contributed by atoms with Crippen molar-refractivity contribution in [2.24, 2.45) is 0 Å². The zero-order chi connectivity index (χ0) is 14.6. The molecule has 0 amide bonds. The van der Waals surface area contributed by atoms with E-state index >= 15 is 0 Å². The second-order valence-corrected chi connectivity index (χ2v) is 6.04. The first-order chi connectivity index (χ1) is 9.44. The van der Waals surface area contributed by atoms with Gasteiger partial charge < -0.3 is 14.5 Å². The summed E-state index contributed by atoms with van der Waals surface area (Å²) in [6.45, 7) is 7.48. The monoisotopic (exact) mass is 294 g/mol. The first-order valence-corrected chi connectivity index (χ1v) is 6.85. The molecule has 0 unspecified atom stereocenters. The fraction of sp³-hybridized carbons (Fsp3) is 0.400. The zero-order valence-electron chi connectivity index (χ0n) is 11.9. The van der Waals surface area contributed by atoms with Crippen molar-refractivity contribution in [2.75, 3.05) is 0 Å². The lowest BCUT2D eigenvalue weighted by atomic mass is 10.1. The Morgan fingerprint density at radius 2 is 2.15 bits per heavy atom. The molecule has 2 aromatic rings. The minimum absolute atomic E-state index is 0.0618. The van der Waals surface area contributed by atoms with E-state index in [1.54, 1.807) is 24.7 Å². The summed E-state index contributed by atoms with van der Waals surface area (Å²) in [6.07, 6.45) is 4.87. The quantitative estimate of drug-likeness (QED) is 0.911. The Kier molecular flexibility index (Phi) is 4.68. The number of pyridine rings is 1. The van der Waals surface area contributed by atoms with Gasteiger partial charge in [-0.1, -0.05) is 11.6 Å². The first kappa shape index (κ1) is 14.9. The minimum Gasteiger partial charge on any atom is -0.484 e. The highest BCUT2D eigenvalue weighted by molar-refractivity contribution is 6.30. The average Bonchev–Trinajstić information content (AvgIpc) is 2.81. The molecule has 0 saturated carbocycles. The fourth-order valence-corrected chi connectivity index (χ4v) is 1.80. The van der Waals surface area contributed by atoms with E-state index in [1.807, 2.05) is 6.07 Å². The van der Waals surface area contributed by atoms with Crippen molar-refractivity contribution in [1.29, 1.82) is 0 Å². The van der Waals surface area contributed by atoms with Gasteiger partial charge in [0.1, 0.15) is 18.1 Å². The second-order valence-electron chi connectivity index (χ2n) is 5.60. The van der Waals surface area contributed by atoms with Gasteiger partial charge in [0.25, 0.3) is 0 Å². The molecular weight excluding hydrogens is 276 g/mol. The molecule has 0 spiro atoms. The van der Waals surface area contributed by atoms with Crippen LogP contribution in [0.5, 0.6) is 5.75 Å². The Bertz CT molecular complexity index is 561. The molecule has 0 aliphatic carbocycles. The molecule has 2 aromatic heterocycles. The van der Waals surface area contributed by atoms with E-state index in [9.17, 15) is 0 Å². The topological polar surface area (TPSA) is 47.3 Å². The van der Waals surface area contributed by atoms with Crippen LogP contribution in [-0.4, -0.2) is 10.5 Å². The summed E-state index contributed by atoms with van der Waals surface area (Å²) < 4.78 is 11.1. The molecule has 0 aromatic carbocycles. The maximum Gasteiger partial charge on any atom is 0.146 e. The van der Waals surface area contributed by atoms with E-state index in [0.717, 1.165) is 17.9 Å². The van der Waals surface area contributed by atoms with E-state index in [0.29, 0.717) is 17.4 Å². The normalized spacial score (nSPS) is 11.6. The Morgan fingerprint density at radius 1 is 1.35 bits per heavy atom. The summed E-state index contributed by atoms with van der Waals surface area (Å²) in [5, 5.41) is 3.98. The van der Waals surface area contributed by atoms with Crippen LogP contribution in [0.4, 0.5) is 0 Å². The van der Waals surface area contributed by atoms with Crippen LogP contribution < -0.4 is 10.1 Å². The molecule has 108 valence electrons. The number of hydrogen-bond acceptors (Lipinski definition) is 4. The zero-order valence-corrected chi connectivity index (χ0v) is 12.7. The molecule has 0 aliphatic heterocycles. The van der Waals surface area contributed by atoms with E-state index in [4.69, 9.17) is 20.8 Å². The number of hydrogen-bond donors (Lipinski definition) is 1. The molecule has 2 rings (SSSR count). The summed E-state index contributed by atoms with van der Waals surface area (Å²) in [4.78, 5) is 3.98. The lowest BCUT2D eigenvalue weighted by Gasteiger charge is -2.20. The SMILES string of the molecule is CC(C)(C)NCc1ccoc1COc1cncc(Cl)c1. The van der Waals surface area contributed by atoms with Crippen molar-refractivity contribution in [3.63, 3.8) is 0 Å². The van der Waals surface area contributed by atoms with Crippen LogP contribution in [-0.2, 0) is 13.2 Å². The van der Waals surface area contributed by atoms with E-state index in [2.05, 4.69) is 31.1 Å². The van der Waals surface area contributed by atoms with Crippen molar-refractivity contribution in [3.05, 3.63) is 47.1 Å². The van der Waals surface area contributed by atoms with Crippen molar-refractivity contribution >= 4 is 11.6 Å². The van der Waals surface area contributed by atoms with Crippen LogP contribution in [0.3, 0.4) is 0 Å². The summed E-state index contributed by atoms with van der Waals surface area (Å²) in [6, 6.07) is 3.68. The molecule has 0 atom stereocenters. The van der Waals surface area contributed by atoms with Gasteiger partial charge in [0.2, 0.25) is 0 Å². The van der Waals surface area contributed by atoms with Gasteiger partial charge in [-0.15, -0.1) is 0 Å². The molecule has 0 bridgehead atoms. The third-order valence-corrected chi connectivity index (χ3v) is 2.90. The maximum absolute atomic E-state index is 5.86. The molecule has 4 nitrogen and oxygen atoms in total. The van der Waals surface area contributed by atoms with Crippen molar-refractivity contribution < 1.29 is 9.15 Å². The van der Waals surface area contributed by atoms with Gasteiger partial charge in [0.15, 0.2) is 0 Å². The summed E-state index contributed by atoms with van der Waals surface area (Å²) >= 11 is 5.86. The molecule has 0 fully saturated rings. The molecule has 0 saturated heterocycles. The molecule has 2 heterocycles. The standard InChI is InChI=1S/C15H19ClN2O2/c1-15(2,3)18-7-11-4-5-19-14(11)10-20-13-6-12(16)8-17-9-13/h4-6,8-9,18H,7,10H2,1-3H3. The van der Waals surface area contributed by atoms with Crippen LogP contribution >= 0.6 is 11.6 Å². The van der Waals surface area contributed by atoms with Crippen LogP contribution in [0.15, 0.2) is 35.2 Å². The molecule has 5 heteroatoms. The van der Waals surface area contributed by atoms with Gasteiger partial charge in [-0.2, -0.15) is 0 Å². The van der Waals surface area contributed by atoms with E-state index < -0.39 is 0 Å². The van der Waals surface area contributed by atoms with Gasteiger partial charge in [-0.3, -0.25) is 4.98 Å². The summed E-state index contributed by atoms with van der Waals surface area (Å²) in [5.74, 6) is 1.44. The predicted octanol–water partition coefficient (Wildman–Crippen LogP) is 3.80.